The molecule has 1 aromatic carbocycles. The van der Waals surface area contributed by atoms with Crippen molar-refractivity contribution in [1.29, 1.82) is 0 Å². The maximum atomic E-state index is 12.3. The average molecular weight is 322 g/mol. The predicted octanol–water partition coefficient (Wildman–Crippen LogP) is 3.76. The summed E-state index contributed by atoms with van der Waals surface area (Å²) in [6.07, 6.45) is 2.44. The molecule has 0 unspecified atom stereocenters. The highest BCUT2D eigenvalue weighted by Crippen LogP contribution is 2.23. The van der Waals surface area contributed by atoms with Crippen molar-refractivity contribution in [3.8, 4) is 11.3 Å². The van der Waals surface area contributed by atoms with Gasteiger partial charge in [0.1, 0.15) is 5.76 Å². The van der Waals surface area contributed by atoms with Gasteiger partial charge in [-0.1, -0.05) is 31.2 Å². The lowest BCUT2D eigenvalue weighted by Crippen LogP contribution is -2.14. The van der Waals surface area contributed by atoms with E-state index in [1.165, 1.54) is 11.8 Å². The van der Waals surface area contributed by atoms with Crippen molar-refractivity contribution in [2.24, 2.45) is 0 Å². The van der Waals surface area contributed by atoms with E-state index in [-0.39, 0.29) is 17.2 Å². The summed E-state index contributed by atoms with van der Waals surface area (Å²) in [5, 5.41) is 2.71. The fraction of sp³-hybridized carbons (Fsp3) is 0.158. The number of hydrogen-bond donors (Lipinski definition) is 2. The lowest BCUT2D eigenvalue weighted by atomic mass is 10.1. The highest BCUT2D eigenvalue weighted by molar-refractivity contribution is 6.02. The number of pyridine rings is 1. The van der Waals surface area contributed by atoms with Gasteiger partial charge in [0, 0.05) is 17.3 Å². The van der Waals surface area contributed by atoms with Crippen LogP contribution in [-0.4, -0.2) is 10.9 Å². The van der Waals surface area contributed by atoms with Crippen molar-refractivity contribution in [2.45, 2.75) is 20.3 Å². The Hall–Kier alpha value is -3.08. The molecule has 2 aromatic heterocycles. The summed E-state index contributed by atoms with van der Waals surface area (Å²) < 4.78 is 5.65. The first-order valence-electron chi connectivity index (χ1n) is 7.76. The van der Waals surface area contributed by atoms with Gasteiger partial charge in [-0.3, -0.25) is 9.59 Å². The topological polar surface area (TPSA) is 75.1 Å². The molecule has 0 aliphatic rings. The lowest BCUT2D eigenvalue weighted by molar-refractivity contribution is 0.0997. The highest BCUT2D eigenvalue weighted by atomic mass is 16.3. The number of aryl methyl sites for hydroxylation is 2. The van der Waals surface area contributed by atoms with E-state index in [1.807, 2.05) is 24.3 Å². The third kappa shape index (κ3) is 3.30. The molecule has 122 valence electrons. The molecule has 0 saturated carbocycles. The molecule has 0 saturated heterocycles. The highest BCUT2D eigenvalue weighted by Gasteiger charge is 2.13. The molecular weight excluding hydrogens is 304 g/mol. The lowest BCUT2D eigenvalue weighted by Gasteiger charge is -2.04. The number of aromatic amines is 1. The maximum Gasteiger partial charge on any atom is 0.291 e. The zero-order valence-corrected chi connectivity index (χ0v) is 13.6. The van der Waals surface area contributed by atoms with Crippen LogP contribution in [0.15, 0.2) is 57.9 Å². The maximum absolute atomic E-state index is 12.3. The standard InChI is InChI=1S/C19H18N2O3/c1-3-13-4-6-14(7-5-13)16-8-9-17(24-16)19(23)21-15-10-12(2)18(22)20-11-15/h4-11H,3H2,1-2H3,(H,20,22)(H,21,23). The summed E-state index contributed by atoms with van der Waals surface area (Å²) in [6, 6.07) is 13.1. The Morgan fingerprint density at radius 3 is 2.58 bits per heavy atom. The molecule has 0 bridgehead atoms. The van der Waals surface area contributed by atoms with E-state index in [9.17, 15) is 9.59 Å². The zero-order valence-electron chi connectivity index (χ0n) is 13.6. The van der Waals surface area contributed by atoms with Crippen LogP contribution in [0, 0.1) is 6.92 Å². The van der Waals surface area contributed by atoms with Crippen LogP contribution in [0.3, 0.4) is 0 Å². The van der Waals surface area contributed by atoms with Crippen molar-refractivity contribution in [2.75, 3.05) is 5.32 Å². The molecule has 3 rings (SSSR count). The van der Waals surface area contributed by atoms with E-state index in [2.05, 4.69) is 17.2 Å². The Morgan fingerprint density at radius 2 is 1.92 bits per heavy atom. The Bertz CT molecular complexity index is 920. The van der Waals surface area contributed by atoms with Crippen LogP contribution in [-0.2, 0) is 6.42 Å². The molecule has 2 N–H and O–H groups in total. The van der Waals surface area contributed by atoms with Gasteiger partial charge in [0.05, 0.1) is 5.69 Å². The molecule has 1 amide bonds. The van der Waals surface area contributed by atoms with Crippen molar-refractivity contribution >= 4 is 11.6 Å². The second-order valence-electron chi connectivity index (χ2n) is 5.57. The number of benzene rings is 1. The number of rotatable bonds is 4. The molecule has 0 aliphatic heterocycles. The van der Waals surface area contributed by atoms with Crippen LogP contribution >= 0.6 is 0 Å². The third-order valence-electron chi connectivity index (χ3n) is 3.82. The van der Waals surface area contributed by atoms with Crippen LogP contribution in [0.5, 0.6) is 0 Å². The quantitative estimate of drug-likeness (QED) is 0.768. The summed E-state index contributed by atoms with van der Waals surface area (Å²) in [4.78, 5) is 26.2. The minimum Gasteiger partial charge on any atom is -0.451 e. The van der Waals surface area contributed by atoms with E-state index in [4.69, 9.17) is 4.42 Å². The molecule has 3 aromatic rings. The SMILES string of the molecule is CCc1ccc(-c2ccc(C(=O)Nc3c[nH]c(=O)c(C)c3)o2)cc1. The van der Waals surface area contributed by atoms with Gasteiger partial charge in [0.2, 0.25) is 0 Å². The second kappa shape index (κ2) is 6.58. The van der Waals surface area contributed by atoms with Crippen molar-refractivity contribution in [1.82, 2.24) is 4.98 Å². The van der Waals surface area contributed by atoms with Gasteiger partial charge in [-0.15, -0.1) is 0 Å². The van der Waals surface area contributed by atoms with E-state index in [0.717, 1.165) is 12.0 Å². The number of hydrogen-bond acceptors (Lipinski definition) is 3. The van der Waals surface area contributed by atoms with Gasteiger partial charge >= 0.3 is 0 Å². The normalized spacial score (nSPS) is 10.6. The summed E-state index contributed by atoms with van der Waals surface area (Å²) in [5.74, 6) is 0.492. The molecular formula is C19H18N2O3. The number of anilines is 1. The average Bonchev–Trinajstić information content (AvgIpc) is 3.08. The number of H-pyrrole nitrogens is 1. The van der Waals surface area contributed by atoms with Gasteiger partial charge < -0.3 is 14.7 Å². The monoisotopic (exact) mass is 322 g/mol. The Morgan fingerprint density at radius 1 is 1.17 bits per heavy atom. The molecule has 0 radical (unpaired) electrons. The van der Waals surface area contributed by atoms with Gasteiger partial charge in [-0.05, 0) is 37.1 Å². The molecule has 5 nitrogen and oxygen atoms in total. The largest absolute Gasteiger partial charge is 0.451 e. The smallest absolute Gasteiger partial charge is 0.291 e. The minimum atomic E-state index is -0.363. The van der Waals surface area contributed by atoms with Crippen molar-refractivity contribution in [3.63, 3.8) is 0 Å². The molecule has 5 heteroatoms. The fourth-order valence-corrected chi connectivity index (χ4v) is 2.38. The molecule has 0 fully saturated rings. The first-order valence-corrected chi connectivity index (χ1v) is 7.76. The number of amides is 1. The molecule has 0 spiro atoms. The number of carbonyl (C=O) groups is 1. The van der Waals surface area contributed by atoms with Crippen LogP contribution in [0.25, 0.3) is 11.3 Å². The predicted molar refractivity (Wildman–Crippen MR) is 93.3 cm³/mol. The van der Waals surface area contributed by atoms with Crippen LogP contribution in [0.1, 0.15) is 28.6 Å². The van der Waals surface area contributed by atoms with E-state index >= 15 is 0 Å². The van der Waals surface area contributed by atoms with Gasteiger partial charge in [0.25, 0.3) is 11.5 Å². The van der Waals surface area contributed by atoms with E-state index < -0.39 is 0 Å². The second-order valence-corrected chi connectivity index (χ2v) is 5.57. The number of furan rings is 1. The van der Waals surface area contributed by atoms with Crippen LogP contribution in [0.4, 0.5) is 5.69 Å². The summed E-state index contributed by atoms with van der Waals surface area (Å²) in [7, 11) is 0. The first-order chi connectivity index (χ1) is 11.6. The first kappa shape index (κ1) is 15.8. The van der Waals surface area contributed by atoms with Crippen molar-refractivity contribution < 1.29 is 9.21 Å². The minimum absolute atomic E-state index is 0.177. The summed E-state index contributed by atoms with van der Waals surface area (Å²) >= 11 is 0. The zero-order chi connectivity index (χ0) is 17.1. The summed E-state index contributed by atoms with van der Waals surface area (Å²) in [6.45, 7) is 3.78. The Labute approximate surface area is 139 Å². The molecule has 2 heterocycles. The van der Waals surface area contributed by atoms with E-state index in [1.54, 1.807) is 25.1 Å². The molecule has 0 aliphatic carbocycles. The molecule has 0 atom stereocenters. The van der Waals surface area contributed by atoms with Crippen LogP contribution < -0.4 is 10.9 Å². The Balaban J connectivity index is 1.77. The third-order valence-corrected chi connectivity index (χ3v) is 3.82. The number of carbonyl (C=O) groups excluding carboxylic acids is 1. The fourth-order valence-electron chi connectivity index (χ4n) is 2.38. The van der Waals surface area contributed by atoms with Gasteiger partial charge in [-0.25, -0.2) is 0 Å². The number of aromatic nitrogens is 1. The van der Waals surface area contributed by atoms with Crippen molar-refractivity contribution in [3.05, 3.63) is 75.9 Å². The van der Waals surface area contributed by atoms with Crippen LogP contribution in [0.2, 0.25) is 0 Å². The van der Waals surface area contributed by atoms with Gasteiger partial charge in [0.15, 0.2) is 5.76 Å². The molecule has 24 heavy (non-hydrogen) atoms. The van der Waals surface area contributed by atoms with Gasteiger partial charge in [-0.2, -0.15) is 0 Å². The number of nitrogens with one attached hydrogen (secondary N) is 2. The van der Waals surface area contributed by atoms with E-state index in [0.29, 0.717) is 17.0 Å². The summed E-state index contributed by atoms with van der Waals surface area (Å²) in [5.41, 5.74) is 3.04. The Kier molecular flexibility index (Phi) is 4.33.